The van der Waals surface area contributed by atoms with E-state index in [0.717, 1.165) is 39.5 Å². The third-order valence-corrected chi connectivity index (χ3v) is 5.92. The maximum atomic E-state index is 10.6. The third-order valence-electron chi connectivity index (χ3n) is 5.92. The number of nitrogens with zero attached hydrogens (tertiary/aromatic N) is 3. The van der Waals surface area contributed by atoms with Crippen LogP contribution in [-0.2, 0) is 19.1 Å². The summed E-state index contributed by atoms with van der Waals surface area (Å²) in [7, 11) is 0. The van der Waals surface area contributed by atoms with Crippen molar-refractivity contribution in [1.82, 2.24) is 14.9 Å². The van der Waals surface area contributed by atoms with Gasteiger partial charge in [0.1, 0.15) is 0 Å². The number of hydrogen-bond donors (Lipinski definition) is 3. The van der Waals surface area contributed by atoms with Gasteiger partial charge in [0.15, 0.2) is 0 Å². The van der Waals surface area contributed by atoms with Crippen molar-refractivity contribution >= 4 is 17.9 Å². The molecule has 3 saturated heterocycles. The number of ether oxygens (including phenoxy) is 2. The van der Waals surface area contributed by atoms with E-state index in [0.29, 0.717) is 17.9 Å². The maximum Gasteiger partial charge on any atom is 0.490 e. The molecule has 210 valence electrons. The zero-order valence-corrected chi connectivity index (χ0v) is 19.6. The minimum absolute atomic E-state index is 0.137. The molecule has 1 aromatic rings. The van der Waals surface area contributed by atoms with Crippen LogP contribution in [0.25, 0.3) is 0 Å². The topological polar surface area (TPSA) is 134 Å². The lowest BCUT2D eigenvalue weighted by molar-refractivity contribution is -0.193. The molecule has 1 unspecified atom stereocenters. The van der Waals surface area contributed by atoms with Gasteiger partial charge in [-0.2, -0.15) is 26.3 Å². The summed E-state index contributed by atoms with van der Waals surface area (Å²) in [5.41, 5.74) is 0.137. The molecule has 10 nitrogen and oxygen atoms in total. The molecule has 37 heavy (non-hydrogen) atoms. The molecule has 16 heteroatoms. The minimum Gasteiger partial charge on any atom is -0.475 e. The molecule has 1 aromatic heterocycles. The molecule has 1 spiro atoms. The fourth-order valence-electron chi connectivity index (χ4n) is 3.96. The van der Waals surface area contributed by atoms with Crippen LogP contribution >= 0.6 is 0 Å². The van der Waals surface area contributed by atoms with Gasteiger partial charge >= 0.3 is 24.3 Å². The molecule has 0 amide bonds. The lowest BCUT2D eigenvalue weighted by Gasteiger charge is -2.55. The SMILES string of the molecule is O=C(O)C(F)(F)F.O=C(O)C(F)(F)F.c1cnc(NCC2CCC3(CN(C4CCOCC4)C3)OC2)nc1. The highest BCUT2D eigenvalue weighted by Gasteiger charge is 2.48. The molecule has 3 N–H and O–H groups in total. The highest BCUT2D eigenvalue weighted by atomic mass is 19.4. The largest absolute Gasteiger partial charge is 0.490 e. The zero-order valence-electron chi connectivity index (χ0n) is 19.6. The van der Waals surface area contributed by atoms with Gasteiger partial charge in [-0.3, -0.25) is 4.90 Å². The number of carboxylic acid groups (broad SMARTS) is 2. The Hall–Kier alpha value is -2.72. The van der Waals surface area contributed by atoms with Crippen molar-refractivity contribution in [3.8, 4) is 0 Å². The number of aliphatic carboxylic acids is 2. The average Bonchev–Trinajstić information content (AvgIpc) is 2.82. The van der Waals surface area contributed by atoms with E-state index >= 15 is 0 Å². The van der Waals surface area contributed by atoms with Crippen molar-refractivity contribution in [1.29, 1.82) is 0 Å². The number of halogens is 6. The molecular weight excluding hydrogens is 518 g/mol. The molecule has 0 aliphatic carbocycles. The molecule has 3 aliphatic heterocycles. The predicted octanol–water partition coefficient (Wildman–Crippen LogP) is 2.82. The van der Waals surface area contributed by atoms with Crippen LogP contribution in [0.5, 0.6) is 0 Å². The standard InChI is InChI=1S/C17H26N4O2.2C2HF3O2/c1-6-18-16(19-7-1)20-10-14-2-5-17(23-11-14)12-21(13-17)15-3-8-22-9-4-15;2*3-2(4,5)1(6)7/h1,6-7,14-15H,2-5,8-13H2,(H,18,19,20);2*(H,6,7). The van der Waals surface area contributed by atoms with Gasteiger partial charge in [-0.05, 0) is 37.7 Å². The molecule has 4 rings (SSSR count). The first-order valence-electron chi connectivity index (χ1n) is 11.3. The lowest BCUT2D eigenvalue weighted by atomic mass is 9.81. The number of aromatic nitrogens is 2. The van der Waals surface area contributed by atoms with Gasteiger partial charge in [0.2, 0.25) is 5.95 Å². The van der Waals surface area contributed by atoms with Crippen molar-refractivity contribution in [2.75, 3.05) is 44.8 Å². The smallest absolute Gasteiger partial charge is 0.475 e. The Balaban J connectivity index is 0.000000286. The summed E-state index contributed by atoms with van der Waals surface area (Å²) >= 11 is 0. The van der Waals surface area contributed by atoms with E-state index in [1.165, 1.54) is 25.7 Å². The van der Waals surface area contributed by atoms with Crippen LogP contribution in [0.15, 0.2) is 18.5 Å². The van der Waals surface area contributed by atoms with E-state index in [9.17, 15) is 26.3 Å². The molecule has 0 radical (unpaired) electrons. The van der Waals surface area contributed by atoms with Crippen LogP contribution in [-0.4, -0.2) is 100 Å². The van der Waals surface area contributed by atoms with E-state index < -0.39 is 24.3 Å². The van der Waals surface area contributed by atoms with Crippen molar-refractivity contribution in [3.63, 3.8) is 0 Å². The number of carboxylic acids is 2. The normalized spacial score (nSPS) is 21.9. The summed E-state index contributed by atoms with van der Waals surface area (Å²) in [5, 5.41) is 17.6. The van der Waals surface area contributed by atoms with Crippen LogP contribution in [0.3, 0.4) is 0 Å². The number of rotatable bonds is 4. The average molecular weight is 546 g/mol. The lowest BCUT2D eigenvalue weighted by Crippen LogP contribution is -2.67. The van der Waals surface area contributed by atoms with Gasteiger partial charge in [0, 0.05) is 51.3 Å². The van der Waals surface area contributed by atoms with Crippen molar-refractivity contribution in [2.24, 2.45) is 5.92 Å². The first-order chi connectivity index (χ1) is 17.2. The number of carbonyl (C=O) groups is 2. The fraction of sp³-hybridized carbons (Fsp3) is 0.714. The van der Waals surface area contributed by atoms with Gasteiger partial charge in [-0.15, -0.1) is 0 Å². The van der Waals surface area contributed by atoms with Gasteiger partial charge in [-0.1, -0.05) is 0 Å². The predicted molar refractivity (Wildman–Crippen MR) is 115 cm³/mol. The van der Waals surface area contributed by atoms with Crippen LogP contribution < -0.4 is 5.32 Å². The highest BCUT2D eigenvalue weighted by molar-refractivity contribution is 5.73. The van der Waals surface area contributed by atoms with E-state index in [-0.39, 0.29) is 5.60 Å². The minimum atomic E-state index is -5.08. The quantitative estimate of drug-likeness (QED) is 0.484. The number of alkyl halides is 6. The summed E-state index contributed by atoms with van der Waals surface area (Å²) in [4.78, 5) is 28.8. The summed E-state index contributed by atoms with van der Waals surface area (Å²) in [6.07, 6.45) is -1.88. The first-order valence-corrected chi connectivity index (χ1v) is 11.3. The molecule has 1 atom stereocenters. The first kappa shape index (κ1) is 30.5. The van der Waals surface area contributed by atoms with Gasteiger partial charge < -0.3 is 25.0 Å². The Morgan fingerprint density at radius 1 is 1.00 bits per heavy atom. The van der Waals surface area contributed by atoms with Crippen molar-refractivity contribution in [2.45, 2.75) is 49.7 Å². The van der Waals surface area contributed by atoms with Crippen LogP contribution in [0.2, 0.25) is 0 Å². The number of hydrogen-bond acceptors (Lipinski definition) is 8. The van der Waals surface area contributed by atoms with E-state index in [4.69, 9.17) is 29.3 Å². The van der Waals surface area contributed by atoms with Crippen molar-refractivity contribution < 1.29 is 55.6 Å². The molecule has 0 saturated carbocycles. The summed E-state index contributed by atoms with van der Waals surface area (Å²) in [6.45, 7) is 5.80. The van der Waals surface area contributed by atoms with Gasteiger partial charge in [0.05, 0.1) is 12.2 Å². The Morgan fingerprint density at radius 2 is 1.51 bits per heavy atom. The Morgan fingerprint density at radius 3 is 1.95 bits per heavy atom. The van der Waals surface area contributed by atoms with Crippen LogP contribution in [0, 0.1) is 5.92 Å². The molecule has 3 fully saturated rings. The second kappa shape index (κ2) is 13.2. The highest BCUT2D eigenvalue weighted by Crippen LogP contribution is 2.38. The van der Waals surface area contributed by atoms with Crippen LogP contribution in [0.1, 0.15) is 25.7 Å². The molecule has 3 aliphatic rings. The van der Waals surface area contributed by atoms with E-state index in [1.807, 2.05) is 6.07 Å². The Labute approximate surface area is 208 Å². The zero-order chi connectivity index (χ0) is 27.7. The van der Waals surface area contributed by atoms with E-state index in [1.54, 1.807) is 12.4 Å². The summed E-state index contributed by atoms with van der Waals surface area (Å²) < 4.78 is 75.2. The van der Waals surface area contributed by atoms with Crippen LogP contribution in [0.4, 0.5) is 32.3 Å². The summed E-state index contributed by atoms with van der Waals surface area (Å²) in [6, 6.07) is 2.55. The number of nitrogens with one attached hydrogen (secondary N) is 1. The fourth-order valence-corrected chi connectivity index (χ4v) is 3.96. The van der Waals surface area contributed by atoms with Gasteiger partial charge in [-0.25, -0.2) is 19.6 Å². The second-order valence-corrected chi connectivity index (χ2v) is 8.71. The second-order valence-electron chi connectivity index (χ2n) is 8.71. The van der Waals surface area contributed by atoms with Crippen molar-refractivity contribution in [3.05, 3.63) is 18.5 Å². The number of likely N-dealkylation sites (tertiary alicyclic amines) is 1. The molecule has 4 heterocycles. The number of anilines is 1. The third kappa shape index (κ3) is 10.3. The Bertz CT molecular complexity index is 827. The molecule has 0 bridgehead atoms. The Kier molecular flexibility index (Phi) is 10.9. The van der Waals surface area contributed by atoms with Gasteiger partial charge in [0.25, 0.3) is 0 Å². The van der Waals surface area contributed by atoms with E-state index in [2.05, 4.69) is 20.2 Å². The molecular formula is C21H28F6N4O6. The monoisotopic (exact) mass is 546 g/mol. The summed E-state index contributed by atoms with van der Waals surface area (Å²) in [5.74, 6) is -4.25. The maximum absolute atomic E-state index is 10.6. The molecule has 0 aromatic carbocycles.